The molecule has 3 unspecified atom stereocenters. The summed E-state index contributed by atoms with van der Waals surface area (Å²) in [5, 5.41) is 16.7. The molecule has 4 rings (SSSR count). The number of nitrogens with zero attached hydrogens (tertiary/aromatic N) is 4. The second kappa shape index (κ2) is 13.7. The Balaban J connectivity index is 0.000000526. The molecule has 2 fully saturated rings. The third-order valence-corrected chi connectivity index (χ3v) is 6.51. The Labute approximate surface area is 213 Å². The number of amides is 3. The standard InChI is InChI=1S/C20H33N7O3.C6H6/c1-13(2)26-12-14(24-25-26)10-22-19(29)17-9-8-15-6-4-5-7-16(20(30)27(15)17)23-18(28)11-21-3;1-2-4-6-5-3-1/h12-13,15-17,21H,4-11H2,1-3H3,(H,22,29)(H,23,28);1-6H. The van der Waals surface area contributed by atoms with Gasteiger partial charge >= 0.3 is 0 Å². The minimum absolute atomic E-state index is 0.0547. The summed E-state index contributed by atoms with van der Waals surface area (Å²) in [5.74, 6) is -0.528. The van der Waals surface area contributed by atoms with Gasteiger partial charge in [-0.1, -0.05) is 54.5 Å². The van der Waals surface area contributed by atoms with Crippen LogP contribution in [0, 0.1) is 0 Å². The van der Waals surface area contributed by atoms with Gasteiger partial charge in [-0.3, -0.25) is 14.4 Å². The summed E-state index contributed by atoms with van der Waals surface area (Å²) in [6.07, 6.45) is 6.64. The van der Waals surface area contributed by atoms with Crippen molar-refractivity contribution in [2.45, 2.75) is 83.1 Å². The maximum atomic E-state index is 13.3. The van der Waals surface area contributed by atoms with E-state index in [9.17, 15) is 14.4 Å². The van der Waals surface area contributed by atoms with Crippen LogP contribution in [0.2, 0.25) is 0 Å². The highest BCUT2D eigenvalue weighted by Gasteiger charge is 2.43. The van der Waals surface area contributed by atoms with Gasteiger partial charge < -0.3 is 20.9 Å². The van der Waals surface area contributed by atoms with Gasteiger partial charge in [0.25, 0.3) is 0 Å². The van der Waals surface area contributed by atoms with Crippen LogP contribution >= 0.6 is 0 Å². The number of benzene rings is 1. The minimum Gasteiger partial charge on any atom is -0.349 e. The smallest absolute Gasteiger partial charge is 0.246 e. The summed E-state index contributed by atoms with van der Waals surface area (Å²) in [6.45, 7) is 4.45. The van der Waals surface area contributed by atoms with Crippen LogP contribution in [0.15, 0.2) is 42.6 Å². The van der Waals surface area contributed by atoms with E-state index in [-0.39, 0.29) is 42.9 Å². The first-order chi connectivity index (χ1) is 17.4. The number of fused-ring (bicyclic) bond motifs is 1. The Morgan fingerprint density at radius 2 is 1.69 bits per heavy atom. The molecule has 196 valence electrons. The van der Waals surface area contributed by atoms with Gasteiger partial charge in [-0.25, -0.2) is 4.68 Å². The number of hydrogen-bond donors (Lipinski definition) is 3. The molecular weight excluding hydrogens is 458 g/mol. The average molecular weight is 498 g/mol. The van der Waals surface area contributed by atoms with E-state index in [1.807, 2.05) is 56.4 Å². The molecule has 3 heterocycles. The zero-order valence-corrected chi connectivity index (χ0v) is 21.5. The van der Waals surface area contributed by atoms with Gasteiger partial charge in [0.2, 0.25) is 17.7 Å². The van der Waals surface area contributed by atoms with Crippen molar-refractivity contribution in [3.8, 4) is 0 Å². The highest BCUT2D eigenvalue weighted by Crippen LogP contribution is 2.31. The van der Waals surface area contributed by atoms with Gasteiger partial charge in [-0.05, 0) is 46.6 Å². The SMILES string of the molecule is CNCC(=O)NC1CCCCC2CCC(C(=O)NCc3cn(C(C)C)nn3)N2C1=O.c1ccccc1. The maximum Gasteiger partial charge on any atom is 0.246 e. The Morgan fingerprint density at radius 1 is 1.03 bits per heavy atom. The van der Waals surface area contributed by atoms with Crippen molar-refractivity contribution in [1.29, 1.82) is 0 Å². The number of hydrogen-bond acceptors (Lipinski definition) is 6. The highest BCUT2D eigenvalue weighted by atomic mass is 16.2. The molecule has 3 atom stereocenters. The largest absolute Gasteiger partial charge is 0.349 e. The van der Waals surface area contributed by atoms with Gasteiger partial charge in [-0.15, -0.1) is 5.10 Å². The Morgan fingerprint density at radius 3 is 2.31 bits per heavy atom. The molecule has 0 spiro atoms. The lowest BCUT2D eigenvalue weighted by molar-refractivity contribution is -0.144. The van der Waals surface area contributed by atoms with E-state index >= 15 is 0 Å². The molecule has 3 amide bonds. The van der Waals surface area contributed by atoms with Gasteiger partial charge in [0.15, 0.2) is 0 Å². The molecule has 0 radical (unpaired) electrons. The molecule has 2 aromatic rings. The molecular formula is C26H39N7O3. The normalized spacial score (nSPS) is 21.6. The van der Waals surface area contributed by atoms with Crippen LogP contribution in [0.4, 0.5) is 0 Å². The van der Waals surface area contributed by atoms with Gasteiger partial charge in [-0.2, -0.15) is 0 Å². The van der Waals surface area contributed by atoms with E-state index in [0.29, 0.717) is 18.5 Å². The molecule has 1 aromatic heterocycles. The van der Waals surface area contributed by atoms with Gasteiger partial charge in [0.1, 0.15) is 17.8 Å². The molecule has 2 aliphatic rings. The lowest BCUT2D eigenvalue weighted by Gasteiger charge is -2.35. The first-order valence-corrected chi connectivity index (χ1v) is 12.8. The fraction of sp³-hybridized carbons (Fsp3) is 0.577. The maximum absolute atomic E-state index is 13.3. The number of carbonyl (C=O) groups is 3. The van der Waals surface area contributed by atoms with Crippen LogP contribution in [-0.4, -0.2) is 69.3 Å². The first-order valence-electron chi connectivity index (χ1n) is 12.8. The number of carbonyl (C=O) groups excluding carboxylic acids is 3. The average Bonchev–Trinajstić information content (AvgIpc) is 3.52. The van der Waals surface area contributed by atoms with Crippen LogP contribution in [-0.2, 0) is 20.9 Å². The fourth-order valence-electron chi connectivity index (χ4n) is 4.66. The summed E-state index contributed by atoms with van der Waals surface area (Å²) < 4.78 is 1.74. The van der Waals surface area contributed by atoms with Crippen LogP contribution in [0.1, 0.15) is 64.1 Å². The molecule has 10 heteroatoms. The quantitative estimate of drug-likeness (QED) is 0.536. The molecule has 1 aromatic carbocycles. The van der Waals surface area contributed by atoms with E-state index in [1.165, 1.54) is 0 Å². The Bertz CT molecular complexity index is 952. The van der Waals surface area contributed by atoms with Crippen LogP contribution in [0.25, 0.3) is 0 Å². The van der Waals surface area contributed by atoms with E-state index in [4.69, 9.17) is 0 Å². The molecule has 36 heavy (non-hydrogen) atoms. The molecule has 0 saturated carbocycles. The van der Waals surface area contributed by atoms with Crippen molar-refractivity contribution in [2.75, 3.05) is 13.6 Å². The predicted molar refractivity (Wildman–Crippen MR) is 137 cm³/mol. The zero-order chi connectivity index (χ0) is 25.9. The first kappa shape index (κ1) is 27.3. The number of likely N-dealkylation sites (N-methyl/N-ethyl adjacent to an activating group) is 1. The molecule has 10 nitrogen and oxygen atoms in total. The monoisotopic (exact) mass is 497 g/mol. The van der Waals surface area contributed by atoms with Crippen molar-refractivity contribution in [3.63, 3.8) is 0 Å². The summed E-state index contributed by atoms with van der Waals surface area (Å²) >= 11 is 0. The topological polar surface area (TPSA) is 121 Å². The molecule has 3 N–H and O–H groups in total. The third kappa shape index (κ3) is 7.61. The van der Waals surface area contributed by atoms with E-state index in [2.05, 4.69) is 26.3 Å². The molecule has 2 aliphatic heterocycles. The van der Waals surface area contributed by atoms with Crippen molar-refractivity contribution < 1.29 is 14.4 Å². The Kier molecular flexibility index (Phi) is 10.4. The summed E-state index contributed by atoms with van der Waals surface area (Å²) in [4.78, 5) is 40.0. The number of nitrogens with one attached hydrogen (secondary N) is 3. The predicted octanol–water partition coefficient (Wildman–Crippen LogP) is 1.80. The lowest BCUT2D eigenvalue weighted by Crippen LogP contribution is -2.57. The summed E-state index contributed by atoms with van der Waals surface area (Å²) in [5.41, 5.74) is 0.683. The van der Waals surface area contributed by atoms with Crippen molar-refractivity contribution >= 4 is 17.7 Å². The van der Waals surface area contributed by atoms with E-state index in [1.54, 1.807) is 16.6 Å². The van der Waals surface area contributed by atoms with E-state index in [0.717, 1.165) is 25.7 Å². The second-order valence-corrected chi connectivity index (χ2v) is 9.58. The van der Waals surface area contributed by atoms with Crippen molar-refractivity contribution in [3.05, 3.63) is 48.3 Å². The lowest BCUT2D eigenvalue weighted by atomic mass is 9.99. The second-order valence-electron chi connectivity index (χ2n) is 9.58. The van der Waals surface area contributed by atoms with E-state index < -0.39 is 12.1 Å². The van der Waals surface area contributed by atoms with Crippen LogP contribution in [0.3, 0.4) is 0 Å². The van der Waals surface area contributed by atoms with Gasteiger partial charge in [0.05, 0.1) is 19.3 Å². The minimum atomic E-state index is -0.576. The summed E-state index contributed by atoms with van der Waals surface area (Å²) in [7, 11) is 1.69. The summed E-state index contributed by atoms with van der Waals surface area (Å²) in [6, 6.07) is 11.2. The molecule has 0 bridgehead atoms. The molecule has 0 aliphatic carbocycles. The highest BCUT2D eigenvalue weighted by molar-refractivity contribution is 5.93. The Hall–Kier alpha value is -3.27. The van der Waals surface area contributed by atoms with Crippen LogP contribution in [0.5, 0.6) is 0 Å². The molecule has 2 saturated heterocycles. The van der Waals surface area contributed by atoms with Gasteiger partial charge in [0, 0.05) is 12.1 Å². The third-order valence-electron chi connectivity index (χ3n) is 6.51. The zero-order valence-electron chi connectivity index (χ0n) is 21.5. The number of rotatable bonds is 7. The number of aromatic nitrogens is 3. The fourth-order valence-corrected chi connectivity index (χ4v) is 4.66. The van der Waals surface area contributed by atoms with Crippen LogP contribution < -0.4 is 16.0 Å². The van der Waals surface area contributed by atoms with Crippen molar-refractivity contribution in [2.24, 2.45) is 0 Å². The van der Waals surface area contributed by atoms with Crippen molar-refractivity contribution in [1.82, 2.24) is 35.8 Å².